The van der Waals surface area contributed by atoms with Crippen LogP contribution in [0, 0.1) is 12.7 Å². The topological polar surface area (TPSA) is 100 Å². The molecule has 9 heteroatoms. The molecule has 2 aromatic heterocycles. The predicted octanol–water partition coefficient (Wildman–Crippen LogP) is 6.24. The average Bonchev–Trinajstić information content (AvgIpc) is 3.22. The molecule has 0 unspecified atom stereocenters. The number of aliphatic carboxylic acids is 1. The number of hydrogen-bond donors (Lipinski definition) is 3. The van der Waals surface area contributed by atoms with E-state index in [1.54, 1.807) is 6.07 Å². The van der Waals surface area contributed by atoms with Crippen LogP contribution in [-0.4, -0.2) is 26.0 Å². The summed E-state index contributed by atoms with van der Waals surface area (Å²) in [6.07, 6.45) is 0.307. The van der Waals surface area contributed by atoms with Crippen LogP contribution in [-0.2, 0) is 17.6 Å². The molecule has 3 N–H and O–H groups in total. The highest BCUT2D eigenvalue weighted by molar-refractivity contribution is 7.22. The fourth-order valence-electron chi connectivity index (χ4n) is 3.77. The number of halogens is 1. The van der Waals surface area contributed by atoms with Crippen molar-refractivity contribution in [2.45, 2.75) is 19.8 Å². The largest absolute Gasteiger partial charge is 0.481 e. The Hall–Kier alpha value is -4.37. The zero-order valence-corrected chi connectivity index (χ0v) is 20.1. The number of fused-ring (bicyclic) bond motifs is 1. The third-order valence-electron chi connectivity index (χ3n) is 5.42. The molecule has 0 bridgehead atoms. The van der Waals surface area contributed by atoms with Gasteiger partial charge in [0.15, 0.2) is 5.13 Å². The molecule has 0 aliphatic heterocycles. The molecule has 5 rings (SSSR count). The lowest BCUT2D eigenvalue weighted by Crippen LogP contribution is -2.06. The third-order valence-corrected chi connectivity index (χ3v) is 6.36. The van der Waals surface area contributed by atoms with E-state index < -0.39 is 11.8 Å². The summed E-state index contributed by atoms with van der Waals surface area (Å²) < 4.78 is 15.8. The molecule has 180 valence electrons. The molecular formula is C27H22FN5O2S. The summed E-state index contributed by atoms with van der Waals surface area (Å²) in [4.78, 5) is 24.7. The minimum Gasteiger partial charge on any atom is -0.481 e. The Kier molecular flexibility index (Phi) is 6.55. The van der Waals surface area contributed by atoms with Crippen molar-refractivity contribution in [3.05, 3.63) is 101 Å². The van der Waals surface area contributed by atoms with Crippen molar-refractivity contribution in [3.8, 4) is 0 Å². The molecule has 0 saturated carbocycles. The van der Waals surface area contributed by atoms with E-state index in [1.807, 2.05) is 55.5 Å². The fourth-order valence-corrected chi connectivity index (χ4v) is 4.74. The lowest BCUT2D eigenvalue weighted by atomic mass is 10.1. The number of carboxylic acids is 1. The maximum Gasteiger partial charge on any atom is 0.307 e. The summed E-state index contributed by atoms with van der Waals surface area (Å²) in [5.74, 6) is -0.862. The van der Waals surface area contributed by atoms with Gasteiger partial charge in [-0.2, -0.15) is 4.98 Å². The first kappa shape index (κ1) is 23.4. The van der Waals surface area contributed by atoms with Crippen molar-refractivity contribution >= 4 is 50.1 Å². The molecule has 0 aliphatic carbocycles. The highest BCUT2D eigenvalue weighted by atomic mass is 32.1. The molecule has 2 heterocycles. The second-order valence-electron chi connectivity index (χ2n) is 8.36. The molecule has 36 heavy (non-hydrogen) atoms. The van der Waals surface area contributed by atoms with Gasteiger partial charge in [-0.1, -0.05) is 53.8 Å². The van der Waals surface area contributed by atoms with E-state index in [9.17, 15) is 9.18 Å². The number of nitrogens with zero attached hydrogens (tertiary/aromatic N) is 3. The van der Waals surface area contributed by atoms with Crippen LogP contribution in [0.5, 0.6) is 0 Å². The van der Waals surface area contributed by atoms with Crippen molar-refractivity contribution < 1.29 is 14.3 Å². The molecular weight excluding hydrogens is 477 g/mol. The van der Waals surface area contributed by atoms with Crippen molar-refractivity contribution in [2.75, 3.05) is 10.6 Å². The van der Waals surface area contributed by atoms with E-state index in [0.29, 0.717) is 22.9 Å². The highest BCUT2D eigenvalue weighted by Crippen LogP contribution is 2.29. The van der Waals surface area contributed by atoms with E-state index >= 15 is 0 Å². The van der Waals surface area contributed by atoms with Crippen LogP contribution in [0.25, 0.3) is 10.2 Å². The van der Waals surface area contributed by atoms with Crippen molar-refractivity contribution in [3.63, 3.8) is 0 Å². The van der Waals surface area contributed by atoms with Gasteiger partial charge in [0.1, 0.15) is 11.6 Å². The van der Waals surface area contributed by atoms with Gasteiger partial charge in [0.25, 0.3) is 0 Å². The summed E-state index contributed by atoms with van der Waals surface area (Å²) in [6, 6.07) is 22.1. The molecule has 0 saturated heterocycles. The number of carbonyl (C=O) groups is 1. The Bertz CT molecular complexity index is 1560. The number of benzene rings is 3. The molecule has 3 aromatic carbocycles. The molecule has 0 amide bonds. The summed E-state index contributed by atoms with van der Waals surface area (Å²) in [6.45, 7) is 2.04. The zero-order valence-electron chi connectivity index (χ0n) is 19.3. The Morgan fingerprint density at radius 1 is 0.944 bits per heavy atom. The molecule has 0 aliphatic rings. The first-order valence-corrected chi connectivity index (χ1v) is 12.1. The fraction of sp³-hybridized carbons (Fsp3) is 0.111. The van der Waals surface area contributed by atoms with Crippen LogP contribution in [0.3, 0.4) is 0 Å². The standard InChI is InChI=1S/C27H22FN5O2S/c1-16-7-9-22-23(11-16)36-27(31-22)33-24-15-19(12-17-5-3-2-4-6-17)29-26(32-24)30-21-10-8-18(13-20(21)28)14-25(34)35/h2-11,13,15H,12,14H2,1H3,(H,34,35)(H2,29,30,31,32,33). The number of anilines is 4. The second kappa shape index (κ2) is 10.1. The predicted molar refractivity (Wildman–Crippen MR) is 140 cm³/mol. The van der Waals surface area contributed by atoms with Gasteiger partial charge in [-0.05, 0) is 47.9 Å². The van der Waals surface area contributed by atoms with Crippen LogP contribution in [0.2, 0.25) is 0 Å². The maximum atomic E-state index is 14.7. The number of rotatable bonds is 8. The number of thiazole rings is 1. The van der Waals surface area contributed by atoms with E-state index in [0.717, 1.165) is 27.0 Å². The molecule has 0 radical (unpaired) electrons. The normalized spacial score (nSPS) is 10.9. The SMILES string of the molecule is Cc1ccc2nc(Nc3cc(Cc4ccccc4)nc(Nc4ccc(CC(=O)O)cc4F)n3)sc2c1. The number of nitrogens with one attached hydrogen (secondary N) is 2. The lowest BCUT2D eigenvalue weighted by Gasteiger charge is -2.11. The number of hydrogen-bond acceptors (Lipinski definition) is 7. The first-order valence-electron chi connectivity index (χ1n) is 11.2. The Labute approximate surface area is 210 Å². The van der Waals surface area contributed by atoms with Gasteiger partial charge in [-0.25, -0.2) is 14.4 Å². The first-order chi connectivity index (χ1) is 17.4. The van der Waals surface area contributed by atoms with Crippen LogP contribution < -0.4 is 10.6 Å². The van der Waals surface area contributed by atoms with E-state index in [1.165, 1.54) is 23.5 Å². The third kappa shape index (κ3) is 5.64. The summed E-state index contributed by atoms with van der Waals surface area (Å²) in [5, 5.41) is 15.9. The maximum absolute atomic E-state index is 14.7. The number of carboxylic acid groups (broad SMARTS) is 1. The quantitative estimate of drug-likeness (QED) is 0.232. The second-order valence-corrected chi connectivity index (χ2v) is 9.39. The van der Waals surface area contributed by atoms with Gasteiger partial charge in [0.05, 0.1) is 28.0 Å². The Morgan fingerprint density at radius 2 is 1.78 bits per heavy atom. The highest BCUT2D eigenvalue weighted by Gasteiger charge is 2.12. The Morgan fingerprint density at radius 3 is 2.56 bits per heavy atom. The molecule has 5 aromatic rings. The number of aromatic nitrogens is 3. The molecule has 7 nitrogen and oxygen atoms in total. The molecule has 0 fully saturated rings. The average molecular weight is 500 g/mol. The smallest absolute Gasteiger partial charge is 0.307 e. The van der Waals surface area contributed by atoms with Crippen molar-refractivity contribution in [1.82, 2.24) is 15.0 Å². The lowest BCUT2D eigenvalue weighted by molar-refractivity contribution is -0.136. The van der Waals surface area contributed by atoms with Crippen molar-refractivity contribution in [2.24, 2.45) is 0 Å². The van der Waals surface area contributed by atoms with Gasteiger partial charge >= 0.3 is 5.97 Å². The van der Waals surface area contributed by atoms with Gasteiger partial charge in [-0.3, -0.25) is 4.79 Å². The summed E-state index contributed by atoms with van der Waals surface area (Å²) in [5.41, 5.74) is 4.40. The molecule has 0 spiro atoms. The van der Waals surface area contributed by atoms with Crippen LogP contribution in [0.1, 0.15) is 22.4 Å². The van der Waals surface area contributed by atoms with Gasteiger partial charge in [-0.15, -0.1) is 0 Å². The van der Waals surface area contributed by atoms with Gasteiger partial charge in [0.2, 0.25) is 5.95 Å². The molecule has 0 atom stereocenters. The zero-order chi connectivity index (χ0) is 25.1. The van der Waals surface area contributed by atoms with E-state index in [-0.39, 0.29) is 18.1 Å². The Balaban J connectivity index is 1.46. The van der Waals surface area contributed by atoms with E-state index in [2.05, 4.69) is 31.7 Å². The number of aryl methyl sites for hydroxylation is 1. The van der Waals surface area contributed by atoms with Crippen molar-refractivity contribution in [1.29, 1.82) is 0 Å². The summed E-state index contributed by atoms with van der Waals surface area (Å²) >= 11 is 1.52. The van der Waals surface area contributed by atoms with E-state index in [4.69, 9.17) is 5.11 Å². The van der Waals surface area contributed by atoms with Crippen LogP contribution in [0.4, 0.5) is 27.0 Å². The van der Waals surface area contributed by atoms with Gasteiger partial charge in [0, 0.05) is 12.5 Å². The van der Waals surface area contributed by atoms with Crippen LogP contribution >= 0.6 is 11.3 Å². The van der Waals surface area contributed by atoms with Gasteiger partial charge < -0.3 is 15.7 Å². The minimum absolute atomic E-state index is 0.155. The van der Waals surface area contributed by atoms with Crippen LogP contribution in [0.15, 0.2) is 72.8 Å². The minimum atomic E-state index is -1.02. The summed E-state index contributed by atoms with van der Waals surface area (Å²) in [7, 11) is 0. The monoisotopic (exact) mass is 499 g/mol.